The van der Waals surface area contributed by atoms with E-state index in [4.69, 9.17) is 4.74 Å². The predicted octanol–water partition coefficient (Wildman–Crippen LogP) is 4.50. The van der Waals surface area contributed by atoms with Gasteiger partial charge in [0.1, 0.15) is 5.60 Å². The highest BCUT2D eigenvalue weighted by Crippen LogP contribution is 2.45. The lowest BCUT2D eigenvalue weighted by Crippen LogP contribution is -2.54. The summed E-state index contributed by atoms with van der Waals surface area (Å²) in [4.78, 5) is 27.8. The van der Waals surface area contributed by atoms with Gasteiger partial charge in [-0.2, -0.15) is 0 Å². The number of amides is 2. The molecule has 3 rings (SSSR count). The Balaban J connectivity index is 2.24. The summed E-state index contributed by atoms with van der Waals surface area (Å²) in [6, 6.07) is 13.2. The van der Waals surface area contributed by atoms with E-state index >= 15 is 0 Å². The van der Waals surface area contributed by atoms with Crippen molar-refractivity contribution in [2.45, 2.75) is 38.8 Å². The van der Waals surface area contributed by atoms with Crippen LogP contribution in [0.3, 0.4) is 0 Å². The number of carbonyl (C=O) groups is 2. The molecular weight excluding hydrogens is 408 g/mol. The number of hydrogen-bond donors (Lipinski definition) is 1. The first-order valence-corrected chi connectivity index (χ1v) is 9.51. The number of ether oxygens (including phenoxy) is 1. The lowest BCUT2D eigenvalue weighted by Gasteiger charge is -2.32. The molecule has 0 spiro atoms. The molecule has 0 saturated heterocycles. The fourth-order valence-corrected chi connectivity index (χ4v) is 3.84. The molecule has 0 radical (unpaired) electrons. The lowest BCUT2D eigenvalue weighted by atomic mass is 9.81. The largest absolute Gasteiger partial charge is 0.444 e. The SMILES string of the molecule is Cc1ccccc1C1(NC(=O)OC(C)(C)C)C(=O)N(C)c2ccc(Br)cc21. The van der Waals surface area contributed by atoms with E-state index in [2.05, 4.69) is 21.2 Å². The van der Waals surface area contributed by atoms with Crippen molar-refractivity contribution in [3.8, 4) is 0 Å². The van der Waals surface area contributed by atoms with Gasteiger partial charge in [0.25, 0.3) is 5.91 Å². The van der Waals surface area contributed by atoms with Crippen molar-refractivity contribution in [3.63, 3.8) is 0 Å². The minimum absolute atomic E-state index is 0.226. The number of benzene rings is 2. The Bertz CT molecular complexity index is 920. The summed E-state index contributed by atoms with van der Waals surface area (Å²) in [7, 11) is 1.71. The lowest BCUT2D eigenvalue weighted by molar-refractivity contribution is -0.122. The zero-order valence-electron chi connectivity index (χ0n) is 16.1. The summed E-state index contributed by atoms with van der Waals surface area (Å²) in [5, 5.41) is 2.90. The predicted molar refractivity (Wildman–Crippen MR) is 109 cm³/mol. The molecule has 1 N–H and O–H groups in total. The Labute approximate surface area is 167 Å². The molecule has 1 atom stereocenters. The molecule has 0 aromatic heterocycles. The standard InChI is InChI=1S/C21H23BrN2O3/c1-13-8-6-7-9-15(13)21(23-19(26)27-20(2,3)4)16-12-14(22)10-11-17(16)24(5)18(21)25/h6-12H,1-5H3,(H,23,26). The number of nitrogens with one attached hydrogen (secondary N) is 1. The Kier molecular flexibility index (Phi) is 4.80. The molecule has 0 bridgehead atoms. The van der Waals surface area contributed by atoms with Gasteiger partial charge in [-0.05, 0) is 57.0 Å². The quantitative estimate of drug-likeness (QED) is 0.762. The highest BCUT2D eigenvalue weighted by Gasteiger charge is 2.53. The zero-order valence-corrected chi connectivity index (χ0v) is 17.7. The third-order valence-corrected chi connectivity index (χ3v) is 5.08. The third kappa shape index (κ3) is 3.34. The number of carbonyl (C=O) groups excluding carboxylic acids is 2. The van der Waals surface area contributed by atoms with E-state index in [1.807, 2.05) is 49.4 Å². The van der Waals surface area contributed by atoms with Crippen molar-refractivity contribution in [1.82, 2.24) is 5.32 Å². The summed E-state index contributed by atoms with van der Waals surface area (Å²) >= 11 is 3.49. The van der Waals surface area contributed by atoms with Crippen LogP contribution < -0.4 is 10.2 Å². The number of fused-ring (bicyclic) bond motifs is 1. The topological polar surface area (TPSA) is 58.6 Å². The van der Waals surface area contributed by atoms with E-state index in [0.717, 1.165) is 21.3 Å². The smallest absolute Gasteiger partial charge is 0.409 e. The van der Waals surface area contributed by atoms with Crippen LogP contribution in [0.5, 0.6) is 0 Å². The van der Waals surface area contributed by atoms with Gasteiger partial charge in [-0.3, -0.25) is 10.1 Å². The van der Waals surface area contributed by atoms with Crippen molar-refractivity contribution < 1.29 is 14.3 Å². The Morgan fingerprint density at radius 2 is 1.81 bits per heavy atom. The van der Waals surface area contributed by atoms with E-state index in [9.17, 15) is 9.59 Å². The van der Waals surface area contributed by atoms with Gasteiger partial charge >= 0.3 is 6.09 Å². The second-order valence-electron chi connectivity index (χ2n) is 7.72. The molecule has 2 amide bonds. The molecular formula is C21H23BrN2O3. The molecule has 0 saturated carbocycles. The number of alkyl carbamates (subject to hydrolysis) is 1. The van der Waals surface area contributed by atoms with Gasteiger partial charge in [0.05, 0.1) is 0 Å². The normalized spacial score (nSPS) is 19.0. The molecule has 6 heteroatoms. The highest BCUT2D eigenvalue weighted by molar-refractivity contribution is 9.10. The number of nitrogens with zero attached hydrogens (tertiary/aromatic N) is 1. The van der Waals surface area contributed by atoms with Crippen LogP contribution in [-0.4, -0.2) is 24.6 Å². The fourth-order valence-electron chi connectivity index (χ4n) is 3.48. The van der Waals surface area contributed by atoms with E-state index < -0.39 is 17.2 Å². The summed E-state index contributed by atoms with van der Waals surface area (Å²) in [5.41, 5.74) is 1.08. The highest BCUT2D eigenvalue weighted by atomic mass is 79.9. The number of rotatable bonds is 2. The van der Waals surface area contributed by atoms with Gasteiger partial charge in [0.2, 0.25) is 0 Å². The van der Waals surface area contributed by atoms with Crippen LogP contribution in [0.2, 0.25) is 0 Å². The Morgan fingerprint density at radius 1 is 1.15 bits per heavy atom. The number of likely N-dealkylation sites (N-methyl/N-ethyl adjacent to an activating group) is 1. The first kappa shape index (κ1) is 19.4. The summed E-state index contributed by atoms with van der Waals surface area (Å²) in [6.45, 7) is 7.30. The van der Waals surface area contributed by atoms with Gasteiger partial charge in [-0.15, -0.1) is 0 Å². The van der Waals surface area contributed by atoms with Gasteiger partial charge in [0.15, 0.2) is 5.54 Å². The van der Waals surface area contributed by atoms with Crippen molar-refractivity contribution >= 4 is 33.6 Å². The van der Waals surface area contributed by atoms with Gasteiger partial charge in [-0.1, -0.05) is 40.2 Å². The second kappa shape index (κ2) is 6.68. The minimum atomic E-state index is -1.35. The van der Waals surface area contributed by atoms with Crippen LogP contribution in [0.25, 0.3) is 0 Å². The van der Waals surface area contributed by atoms with Crippen molar-refractivity contribution in [2.75, 3.05) is 11.9 Å². The Hall–Kier alpha value is -2.34. The van der Waals surface area contributed by atoms with E-state index in [1.54, 1.807) is 32.7 Å². The number of anilines is 1. The molecule has 1 aliphatic rings. The molecule has 0 fully saturated rings. The zero-order chi connectivity index (χ0) is 20.0. The maximum Gasteiger partial charge on any atom is 0.409 e. The van der Waals surface area contributed by atoms with Crippen LogP contribution in [-0.2, 0) is 15.1 Å². The number of halogens is 1. The molecule has 2 aromatic carbocycles. The molecule has 5 nitrogen and oxygen atoms in total. The second-order valence-corrected chi connectivity index (χ2v) is 8.63. The first-order valence-electron chi connectivity index (χ1n) is 8.72. The van der Waals surface area contributed by atoms with Crippen molar-refractivity contribution in [1.29, 1.82) is 0 Å². The minimum Gasteiger partial charge on any atom is -0.444 e. The third-order valence-electron chi connectivity index (χ3n) is 4.59. The Morgan fingerprint density at radius 3 is 2.44 bits per heavy atom. The molecule has 1 unspecified atom stereocenters. The molecule has 0 aliphatic carbocycles. The molecule has 1 heterocycles. The van der Waals surface area contributed by atoms with E-state index in [-0.39, 0.29) is 5.91 Å². The number of aryl methyl sites for hydroxylation is 1. The average Bonchev–Trinajstić information content (AvgIpc) is 2.76. The monoisotopic (exact) mass is 430 g/mol. The molecule has 2 aromatic rings. The fraction of sp³-hybridized carbons (Fsp3) is 0.333. The van der Waals surface area contributed by atoms with E-state index in [0.29, 0.717) is 5.56 Å². The van der Waals surface area contributed by atoms with Gasteiger partial charge < -0.3 is 9.64 Å². The van der Waals surface area contributed by atoms with Crippen molar-refractivity contribution in [2.24, 2.45) is 0 Å². The maximum atomic E-state index is 13.5. The van der Waals surface area contributed by atoms with Gasteiger partial charge in [0, 0.05) is 22.8 Å². The summed E-state index contributed by atoms with van der Waals surface area (Å²) in [6.07, 6.45) is -0.639. The van der Waals surface area contributed by atoms with Crippen LogP contribution in [0.4, 0.5) is 10.5 Å². The summed E-state index contributed by atoms with van der Waals surface area (Å²) < 4.78 is 6.31. The first-order chi connectivity index (χ1) is 12.6. The maximum absolute atomic E-state index is 13.5. The molecule has 142 valence electrons. The van der Waals surface area contributed by atoms with Crippen molar-refractivity contribution in [3.05, 3.63) is 63.6 Å². The molecule has 1 aliphatic heterocycles. The van der Waals surface area contributed by atoms with Crippen LogP contribution in [0, 0.1) is 6.92 Å². The number of hydrogen-bond acceptors (Lipinski definition) is 3. The van der Waals surface area contributed by atoms with Gasteiger partial charge in [-0.25, -0.2) is 4.79 Å². The van der Waals surface area contributed by atoms with E-state index in [1.165, 1.54) is 0 Å². The van der Waals surface area contributed by atoms with Crippen LogP contribution in [0.15, 0.2) is 46.9 Å². The average molecular weight is 431 g/mol. The summed E-state index contributed by atoms with van der Waals surface area (Å²) in [5.74, 6) is -0.226. The molecule has 27 heavy (non-hydrogen) atoms. The van der Waals surface area contributed by atoms with Crippen LogP contribution >= 0.6 is 15.9 Å². The van der Waals surface area contributed by atoms with Crippen LogP contribution in [0.1, 0.15) is 37.5 Å².